The number of esters is 1. The largest absolute Gasteiger partial charge is 0.469 e. The minimum Gasteiger partial charge on any atom is -0.469 e. The zero-order valence-corrected chi connectivity index (χ0v) is 12.4. The molecule has 0 aromatic rings. The predicted molar refractivity (Wildman–Crippen MR) is 71.5 cm³/mol. The van der Waals surface area contributed by atoms with Gasteiger partial charge in [0.2, 0.25) is 0 Å². The van der Waals surface area contributed by atoms with Gasteiger partial charge in [0.25, 0.3) is 10.2 Å². The van der Waals surface area contributed by atoms with Crippen LogP contribution in [0.2, 0.25) is 0 Å². The fourth-order valence-electron chi connectivity index (χ4n) is 2.12. The molecule has 0 atom stereocenters. The van der Waals surface area contributed by atoms with Crippen molar-refractivity contribution < 1.29 is 17.9 Å². The standard InChI is InChI=1S/C11H23N3O4S/c1-13(7-3-6-12)19(16,17)14-8-4-10(5-9-14)11(15)18-2/h10H,3-9,12H2,1-2H3. The molecule has 0 spiro atoms. The van der Waals surface area contributed by atoms with Gasteiger partial charge >= 0.3 is 5.97 Å². The van der Waals surface area contributed by atoms with Crippen LogP contribution in [0, 0.1) is 5.92 Å². The lowest BCUT2D eigenvalue weighted by Gasteiger charge is -2.32. The summed E-state index contributed by atoms with van der Waals surface area (Å²) in [5.41, 5.74) is 5.38. The maximum Gasteiger partial charge on any atom is 0.308 e. The van der Waals surface area contributed by atoms with E-state index in [9.17, 15) is 13.2 Å². The molecule has 19 heavy (non-hydrogen) atoms. The van der Waals surface area contributed by atoms with Crippen molar-refractivity contribution in [3.8, 4) is 0 Å². The van der Waals surface area contributed by atoms with Crippen molar-refractivity contribution in [1.29, 1.82) is 0 Å². The van der Waals surface area contributed by atoms with Gasteiger partial charge in [-0.15, -0.1) is 0 Å². The van der Waals surface area contributed by atoms with Gasteiger partial charge in [-0.25, -0.2) is 0 Å². The number of ether oxygens (including phenoxy) is 1. The normalized spacial score (nSPS) is 18.7. The molecule has 1 rings (SSSR count). The second-order valence-electron chi connectivity index (χ2n) is 4.67. The fourth-order valence-corrected chi connectivity index (χ4v) is 3.54. The quantitative estimate of drug-likeness (QED) is 0.660. The van der Waals surface area contributed by atoms with E-state index in [4.69, 9.17) is 5.73 Å². The first-order valence-corrected chi connectivity index (χ1v) is 7.82. The second-order valence-corrected chi connectivity index (χ2v) is 6.70. The number of rotatable bonds is 6. The van der Waals surface area contributed by atoms with Crippen LogP contribution in [0.3, 0.4) is 0 Å². The Labute approximate surface area is 114 Å². The van der Waals surface area contributed by atoms with E-state index in [-0.39, 0.29) is 11.9 Å². The van der Waals surface area contributed by atoms with Crippen LogP contribution in [-0.2, 0) is 19.7 Å². The van der Waals surface area contributed by atoms with Crippen LogP contribution >= 0.6 is 0 Å². The molecule has 1 saturated heterocycles. The number of methoxy groups -OCH3 is 1. The molecular weight excluding hydrogens is 270 g/mol. The number of hydrogen-bond donors (Lipinski definition) is 1. The predicted octanol–water partition coefficient (Wildman–Crippen LogP) is -0.603. The Morgan fingerprint density at radius 3 is 2.47 bits per heavy atom. The van der Waals surface area contributed by atoms with E-state index in [0.717, 1.165) is 0 Å². The molecule has 0 unspecified atom stereocenters. The van der Waals surface area contributed by atoms with Gasteiger partial charge in [-0.1, -0.05) is 0 Å². The van der Waals surface area contributed by atoms with Crippen LogP contribution < -0.4 is 5.73 Å². The van der Waals surface area contributed by atoms with Gasteiger partial charge in [0.1, 0.15) is 0 Å². The van der Waals surface area contributed by atoms with Crippen LogP contribution in [0.25, 0.3) is 0 Å². The number of carbonyl (C=O) groups is 1. The van der Waals surface area contributed by atoms with E-state index in [1.165, 1.54) is 15.7 Å². The lowest BCUT2D eigenvalue weighted by atomic mass is 9.99. The van der Waals surface area contributed by atoms with Crippen molar-refractivity contribution in [3.63, 3.8) is 0 Å². The maximum absolute atomic E-state index is 12.2. The zero-order chi connectivity index (χ0) is 14.5. The molecule has 0 amide bonds. The minimum atomic E-state index is -3.43. The Kier molecular flexibility index (Phi) is 6.18. The first-order valence-electron chi connectivity index (χ1n) is 6.42. The van der Waals surface area contributed by atoms with Gasteiger partial charge in [0, 0.05) is 26.7 Å². The fraction of sp³-hybridized carbons (Fsp3) is 0.909. The molecule has 7 nitrogen and oxygen atoms in total. The molecule has 0 radical (unpaired) electrons. The van der Waals surface area contributed by atoms with Gasteiger partial charge in [-0.2, -0.15) is 17.0 Å². The third-order valence-corrected chi connectivity index (χ3v) is 5.37. The third-order valence-electron chi connectivity index (χ3n) is 3.39. The zero-order valence-electron chi connectivity index (χ0n) is 11.5. The molecule has 0 aliphatic carbocycles. The molecular formula is C11H23N3O4S. The topological polar surface area (TPSA) is 92.9 Å². The number of carbonyl (C=O) groups excluding carboxylic acids is 1. The molecule has 0 aromatic carbocycles. The van der Waals surface area contributed by atoms with Gasteiger partial charge in [-0.3, -0.25) is 4.79 Å². The molecule has 1 aliphatic heterocycles. The van der Waals surface area contributed by atoms with Crippen molar-refractivity contribution in [2.24, 2.45) is 11.7 Å². The highest BCUT2D eigenvalue weighted by molar-refractivity contribution is 7.86. The molecule has 0 saturated carbocycles. The highest BCUT2D eigenvalue weighted by Gasteiger charge is 2.33. The summed E-state index contributed by atoms with van der Waals surface area (Å²) in [5, 5.41) is 0. The molecule has 112 valence electrons. The van der Waals surface area contributed by atoms with E-state index in [1.54, 1.807) is 7.05 Å². The SMILES string of the molecule is COC(=O)C1CCN(S(=O)(=O)N(C)CCCN)CC1. The van der Waals surface area contributed by atoms with Crippen LogP contribution in [0.15, 0.2) is 0 Å². The van der Waals surface area contributed by atoms with E-state index in [2.05, 4.69) is 4.74 Å². The summed E-state index contributed by atoms with van der Waals surface area (Å²) in [5.74, 6) is -0.445. The summed E-state index contributed by atoms with van der Waals surface area (Å²) >= 11 is 0. The first kappa shape index (κ1) is 16.4. The highest BCUT2D eigenvalue weighted by Crippen LogP contribution is 2.21. The molecule has 0 aromatic heterocycles. The van der Waals surface area contributed by atoms with E-state index in [0.29, 0.717) is 45.4 Å². The summed E-state index contributed by atoms with van der Waals surface area (Å²) in [7, 11) is -0.525. The number of hydrogen-bond acceptors (Lipinski definition) is 5. The Hall–Kier alpha value is -0.700. The van der Waals surface area contributed by atoms with Crippen molar-refractivity contribution in [3.05, 3.63) is 0 Å². The Morgan fingerprint density at radius 1 is 1.42 bits per heavy atom. The molecule has 8 heteroatoms. The van der Waals surface area contributed by atoms with Gasteiger partial charge < -0.3 is 10.5 Å². The number of nitrogens with two attached hydrogens (primary N) is 1. The van der Waals surface area contributed by atoms with Crippen molar-refractivity contribution >= 4 is 16.2 Å². The summed E-state index contributed by atoms with van der Waals surface area (Å²) in [4.78, 5) is 11.4. The van der Waals surface area contributed by atoms with Gasteiger partial charge in [0.15, 0.2) is 0 Å². The van der Waals surface area contributed by atoms with Gasteiger partial charge in [0.05, 0.1) is 13.0 Å². The smallest absolute Gasteiger partial charge is 0.308 e. The average Bonchev–Trinajstić information content (AvgIpc) is 2.43. The summed E-state index contributed by atoms with van der Waals surface area (Å²) in [6.07, 6.45) is 1.65. The molecule has 0 bridgehead atoms. The minimum absolute atomic E-state index is 0.189. The van der Waals surface area contributed by atoms with Crippen LogP contribution in [0.4, 0.5) is 0 Å². The monoisotopic (exact) mass is 293 g/mol. The molecule has 2 N–H and O–H groups in total. The Balaban J connectivity index is 2.56. The lowest BCUT2D eigenvalue weighted by Crippen LogP contribution is -2.47. The molecule has 1 heterocycles. The lowest BCUT2D eigenvalue weighted by molar-refractivity contribution is -0.146. The van der Waals surface area contributed by atoms with Crippen molar-refractivity contribution in [1.82, 2.24) is 8.61 Å². The van der Waals surface area contributed by atoms with Crippen LogP contribution in [0.1, 0.15) is 19.3 Å². The number of nitrogens with zero attached hydrogens (tertiary/aromatic N) is 2. The van der Waals surface area contributed by atoms with Crippen LogP contribution in [0.5, 0.6) is 0 Å². The molecule has 1 aliphatic rings. The van der Waals surface area contributed by atoms with Crippen LogP contribution in [-0.4, -0.2) is 63.3 Å². The third kappa shape index (κ3) is 4.13. The van der Waals surface area contributed by atoms with Gasteiger partial charge in [-0.05, 0) is 25.8 Å². The van der Waals surface area contributed by atoms with E-state index >= 15 is 0 Å². The van der Waals surface area contributed by atoms with E-state index in [1.807, 2.05) is 0 Å². The Morgan fingerprint density at radius 2 is 2.00 bits per heavy atom. The Bertz CT molecular complexity index is 391. The first-order chi connectivity index (χ1) is 8.93. The van der Waals surface area contributed by atoms with Crippen molar-refractivity contribution in [2.75, 3.05) is 40.3 Å². The highest BCUT2D eigenvalue weighted by atomic mass is 32.2. The molecule has 1 fully saturated rings. The second kappa shape index (κ2) is 7.18. The van der Waals surface area contributed by atoms with Crippen molar-refractivity contribution in [2.45, 2.75) is 19.3 Å². The van der Waals surface area contributed by atoms with E-state index < -0.39 is 10.2 Å². The average molecular weight is 293 g/mol. The maximum atomic E-state index is 12.2. The summed E-state index contributed by atoms with van der Waals surface area (Å²) in [6.45, 7) is 1.59. The number of piperidine rings is 1. The summed E-state index contributed by atoms with van der Waals surface area (Å²) in [6, 6.07) is 0. The summed E-state index contributed by atoms with van der Waals surface area (Å²) < 4.78 is 31.9.